The molecule has 0 atom stereocenters. The average Bonchev–Trinajstić information content (AvgIpc) is 2.80. The van der Waals surface area contributed by atoms with Gasteiger partial charge in [0.05, 0.1) is 16.3 Å². The third-order valence-corrected chi connectivity index (χ3v) is 6.61. The maximum atomic E-state index is 12.9. The van der Waals surface area contributed by atoms with Crippen LogP contribution in [-0.4, -0.2) is 31.5 Å². The maximum Gasteiger partial charge on any atom is 2.00 e. The van der Waals surface area contributed by atoms with Crippen LogP contribution in [0.1, 0.15) is 26.5 Å². The number of aryl methyl sites for hydroxylation is 1. The van der Waals surface area contributed by atoms with Gasteiger partial charge in [-0.25, -0.2) is 18.4 Å². The van der Waals surface area contributed by atoms with E-state index in [0.717, 1.165) is 18.8 Å². The summed E-state index contributed by atoms with van der Waals surface area (Å²) in [5.41, 5.74) is 2.18. The molecule has 0 unspecified atom stereocenters. The monoisotopic (exact) mass is 530 g/mol. The van der Waals surface area contributed by atoms with Gasteiger partial charge < -0.3 is 4.90 Å². The summed E-state index contributed by atoms with van der Waals surface area (Å²) >= 11 is 6.31. The predicted octanol–water partition coefficient (Wildman–Crippen LogP) is 5.75. The summed E-state index contributed by atoms with van der Waals surface area (Å²) in [6.07, 6.45) is 2.01. The zero-order valence-corrected chi connectivity index (χ0v) is 21.0. The fourth-order valence-corrected chi connectivity index (χ4v) is 4.45. The Bertz CT molecular complexity index is 1200. The molecule has 0 spiro atoms. The van der Waals surface area contributed by atoms with Crippen LogP contribution in [-0.2, 0) is 32.9 Å². The minimum atomic E-state index is -3.82. The molecule has 0 radical (unpaired) electrons. The second-order valence-electron chi connectivity index (χ2n) is 6.80. The molecule has 11 heteroatoms. The van der Waals surface area contributed by atoms with Crippen LogP contribution in [0.25, 0.3) is 0 Å². The van der Waals surface area contributed by atoms with Gasteiger partial charge in [0.1, 0.15) is 17.0 Å². The molecule has 8 nitrogen and oxygen atoms in total. The van der Waals surface area contributed by atoms with Crippen LogP contribution in [0.2, 0.25) is 5.02 Å². The van der Waals surface area contributed by atoms with Gasteiger partial charge in [0.2, 0.25) is 0 Å². The molecule has 33 heavy (non-hydrogen) atoms. The van der Waals surface area contributed by atoms with E-state index in [1.165, 1.54) is 18.5 Å². The molecule has 0 aliphatic carbocycles. The number of nitrogens with one attached hydrogen (secondary N) is 1. The second kappa shape index (κ2) is 12.1. The van der Waals surface area contributed by atoms with Crippen molar-refractivity contribution < 1.29 is 24.9 Å². The van der Waals surface area contributed by atoms with E-state index < -0.39 is 10.0 Å². The number of hydrogen-bond acceptors (Lipinski definition) is 7. The molecule has 0 saturated heterocycles. The Morgan fingerprint density at radius 2 is 1.70 bits per heavy atom. The summed E-state index contributed by atoms with van der Waals surface area (Å²) in [7, 11) is -3.82. The van der Waals surface area contributed by atoms with Crippen molar-refractivity contribution in [3.8, 4) is 0 Å². The Balaban J connectivity index is 0.00000385. The average molecular weight is 532 g/mol. The van der Waals surface area contributed by atoms with Crippen molar-refractivity contribution in [2.45, 2.75) is 32.1 Å². The molecule has 2 aromatic carbocycles. The maximum absolute atomic E-state index is 12.9. The number of aromatic nitrogens is 2. The Labute approximate surface area is 209 Å². The zero-order valence-electron chi connectivity index (χ0n) is 18.5. The summed E-state index contributed by atoms with van der Waals surface area (Å²) in [5.74, 6) is 0.225. The molecule has 3 aromatic rings. The first-order valence-electron chi connectivity index (χ1n) is 10.3. The third kappa shape index (κ3) is 6.50. The topological polar surface area (TPSA) is 99.9 Å². The van der Waals surface area contributed by atoms with Crippen LogP contribution in [0.15, 0.2) is 70.0 Å². The standard InChI is InChI=1S/C22H25ClN6O2S.Ni/c1-4-18-21(23)22(25-15-24-18)27-26-19-13-12-16(29(5-2)6-3)14-20(19)28-32(30,31)17-10-8-7-9-11-17;/h7-15,28H,4-6H2,1-3H3;/q;+2. The number of rotatable bonds is 9. The van der Waals surface area contributed by atoms with Crippen LogP contribution in [0.3, 0.4) is 0 Å². The van der Waals surface area contributed by atoms with Gasteiger partial charge >= 0.3 is 16.5 Å². The number of anilines is 2. The van der Waals surface area contributed by atoms with Gasteiger partial charge in [0, 0.05) is 18.8 Å². The predicted molar refractivity (Wildman–Crippen MR) is 128 cm³/mol. The number of azo groups is 1. The Morgan fingerprint density at radius 1 is 1.00 bits per heavy atom. The minimum Gasteiger partial charge on any atom is -0.372 e. The van der Waals surface area contributed by atoms with Gasteiger partial charge in [0.25, 0.3) is 10.0 Å². The van der Waals surface area contributed by atoms with E-state index >= 15 is 0 Å². The van der Waals surface area contributed by atoms with Crippen molar-refractivity contribution >= 4 is 44.5 Å². The van der Waals surface area contributed by atoms with Gasteiger partial charge in [-0.15, -0.1) is 10.2 Å². The molecule has 176 valence electrons. The Hall–Kier alpha value is -2.55. The van der Waals surface area contributed by atoms with Crippen LogP contribution in [0, 0.1) is 0 Å². The van der Waals surface area contributed by atoms with E-state index in [0.29, 0.717) is 28.5 Å². The smallest absolute Gasteiger partial charge is 0.372 e. The van der Waals surface area contributed by atoms with Crippen LogP contribution in [0.5, 0.6) is 0 Å². The summed E-state index contributed by atoms with van der Waals surface area (Å²) in [4.78, 5) is 10.5. The molecule has 0 saturated carbocycles. The van der Waals surface area contributed by atoms with E-state index in [9.17, 15) is 8.42 Å². The van der Waals surface area contributed by atoms with E-state index in [4.69, 9.17) is 11.6 Å². The summed E-state index contributed by atoms with van der Waals surface area (Å²) in [6.45, 7) is 7.55. The third-order valence-electron chi connectivity index (χ3n) is 4.84. The number of nitrogens with zero attached hydrogens (tertiary/aromatic N) is 5. The van der Waals surface area contributed by atoms with Gasteiger partial charge in [-0.05, 0) is 50.6 Å². The molecule has 0 amide bonds. The molecular weight excluding hydrogens is 506 g/mol. The van der Waals surface area contributed by atoms with E-state index in [1.54, 1.807) is 30.3 Å². The molecule has 1 aromatic heterocycles. The van der Waals surface area contributed by atoms with Crippen molar-refractivity contribution in [3.05, 3.63) is 65.6 Å². The van der Waals surface area contributed by atoms with Gasteiger partial charge in [-0.3, -0.25) is 4.72 Å². The first-order chi connectivity index (χ1) is 15.4. The second-order valence-corrected chi connectivity index (χ2v) is 8.86. The van der Waals surface area contributed by atoms with Crippen molar-refractivity contribution in [2.75, 3.05) is 22.7 Å². The van der Waals surface area contributed by atoms with E-state index in [2.05, 4.69) is 29.8 Å². The molecular formula is C22H25ClN6NiO2S+2. The summed E-state index contributed by atoms with van der Waals surface area (Å²) in [6, 6.07) is 13.5. The molecule has 0 aliphatic rings. The van der Waals surface area contributed by atoms with Gasteiger partial charge in [-0.1, -0.05) is 36.7 Å². The van der Waals surface area contributed by atoms with Gasteiger partial charge in [0.15, 0.2) is 5.82 Å². The SMILES string of the molecule is CCc1ncnc(N=Nc2ccc(N(CC)CC)cc2NS(=O)(=O)c2ccccc2)c1Cl.[Ni+2]. The number of halogens is 1. The molecule has 1 N–H and O–H groups in total. The zero-order chi connectivity index (χ0) is 23.1. The Kier molecular flexibility index (Phi) is 9.76. The molecule has 0 aliphatic heterocycles. The quantitative estimate of drug-likeness (QED) is 0.280. The van der Waals surface area contributed by atoms with Crippen LogP contribution < -0.4 is 9.62 Å². The summed E-state index contributed by atoms with van der Waals surface area (Å²) in [5, 5.41) is 8.73. The fraction of sp³-hybridized carbons (Fsp3) is 0.273. The first kappa shape index (κ1) is 26.7. The fourth-order valence-electron chi connectivity index (χ4n) is 3.09. The molecule has 1 heterocycles. The molecule has 0 fully saturated rings. The van der Waals surface area contributed by atoms with Crippen molar-refractivity contribution in [1.82, 2.24) is 9.97 Å². The number of hydrogen-bond donors (Lipinski definition) is 1. The number of benzene rings is 2. The van der Waals surface area contributed by atoms with Crippen LogP contribution >= 0.6 is 11.6 Å². The van der Waals surface area contributed by atoms with Gasteiger partial charge in [-0.2, -0.15) is 0 Å². The minimum absolute atomic E-state index is 0. The molecule has 3 rings (SSSR count). The van der Waals surface area contributed by atoms with Crippen LogP contribution in [0.4, 0.5) is 22.9 Å². The first-order valence-corrected chi connectivity index (χ1v) is 12.1. The number of sulfonamides is 1. The largest absolute Gasteiger partial charge is 2.00 e. The molecule has 0 bridgehead atoms. The van der Waals surface area contributed by atoms with Crippen molar-refractivity contribution in [1.29, 1.82) is 0 Å². The van der Waals surface area contributed by atoms with E-state index in [1.807, 2.05) is 26.8 Å². The van der Waals surface area contributed by atoms with E-state index in [-0.39, 0.29) is 27.2 Å². The normalized spacial score (nSPS) is 11.3. The summed E-state index contributed by atoms with van der Waals surface area (Å²) < 4.78 is 28.5. The van der Waals surface area contributed by atoms with Crippen molar-refractivity contribution in [2.24, 2.45) is 10.2 Å². The Morgan fingerprint density at radius 3 is 2.33 bits per heavy atom. The van der Waals surface area contributed by atoms with Crippen molar-refractivity contribution in [3.63, 3.8) is 0 Å².